The summed E-state index contributed by atoms with van der Waals surface area (Å²) in [6, 6.07) is 5.04. The van der Waals surface area contributed by atoms with Gasteiger partial charge in [0.05, 0.1) is 13.2 Å². The number of nitrogen functional groups attached to an aromatic ring is 1. The molecule has 0 spiro atoms. The minimum Gasteiger partial charge on any atom is -0.490 e. The van der Waals surface area contributed by atoms with Gasteiger partial charge in [-0.1, -0.05) is 0 Å². The van der Waals surface area contributed by atoms with Gasteiger partial charge in [0.25, 0.3) is 5.91 Å². The number of nitrogens with zero attached hydrogens (tertiary/aromatic N) is 2. The summed E-state index contributed by atoms with van der Waals surface area (Å²) in [6.45, 7) is 0.644. The molecule has 1 aromatic carbocycles. The minimum atomic E-state index is -0.820. The third-order valence-corrected chi connectivity index (χ3v) is 3.29. The van der Waals surface area contributed by atoms with Crippen molar-refractivity contribution in [2.24, 2.45) is 0 Å². The van der Waals surface area contributed by atoms with E-state index in [0.717, 1.165) is 6.42 Å². The number of hydrogen-bond acceptors (Lipinski definition) is 8. The second-order valence-corrected chi connectivity index (χ2v) is 5.13. The first-order valence-electron chi connectivity index (χ1n) is 7.56. The normalized spacial score (nSPS) is 12.8. The Morgan fingerprint density at radius 3 is 2.72 bits per heavy atom. The largest absolute Gasteiger partial charge is 0.490 e. The molecule has 0 unspecified atom stereocenters. The van der Waals surface area contributed by atoms with Crippen molar-refractivity contribution < 1.29 is 23.8 Å². The highest BCUT2D eigenvalue weighted by Crippen LogP contribution is 2.32. The Kier molecular flexibility index (Phi) is 4.93. The first-order chi connectivity index (χ1) is 12.1. The van der Waals surface area contributed by atoms with Gasteiger partial charge in [-0.05, 0) is 12.1 Å². The van der Waals surface area contributed by atoms with Crippen molar-refractivity contribution in [3.8, 4) is 11.5 Å². The summed E-state index contributed by atoms with van der Waals surface area (Å²) in [6.07, 6.45) is 3.45. The fraction of sp³-hybridized carbons (Fsp3) is 0.250. The van der Waals surface area contributed by atoms with Crippen LogP contribution in [0.1, 0.15) is 16.9 Å². The molecule has 0 atom stereocenters. The molecule has 0 bridgehead atoms. The number of carbonyl (C=O) groups is 2. The molecule has 1 aliphatic rings. The summed E-state index contributed by atoms with van der Waals surface area (Å²) in [5.41, 5.74) is 5.90. The van der Waals surface area contributed by atoms with Crippen molar-refractivity contribution >= 4 is 23.4 Å². The number of aromatic nitrogens is 2. The number of rotatable bonds is 4. The Morgan fingerprint density at radius 1 is 1.16 bits per heavy atom. The number of carbonyl (C=O) groups excluding carboxylic acids is 2. The number of esters is 1. The molecule has 0 saturated carbocycles. The van der Waals surface area contributed by atoms with E-state index >= 15 is 0 Å². The van der Waals surface area contributed by atoms with E-state index in [2.05, 4.69) is 15.3 Å². The zero-order valence-corrected chi connectivity index (χ0v) is 13.2. The van der Waals surface area contributed by atoms with Crippen molar-refractivity contribution in [2.45, 2.75) is 6.42 Å². The minimum absolute atomic E-state index is 0.0594. The van der Waals surface area contributed by atoms with Crippen LogP contribution in [-0.4, -0.2) is 41.7 Å². The van der Waals surface area contributed by atoms with Gasteiger partial charge in [0.1, 0.15) is 0 Å². The molecule has 3 N–H and O–H groups in total. The highest BCUT2D eigenvalue weighted by atomic mass is 16.5. The highest BCUT2D eigenvalue weighted by Gasteiger charge is 2.16. The van der Waals surface area contributed by atoms with Crippen LogP contribution in [-0.2, 0) is 9.53 Å². The van der Waals surface area contributed by atoms with Crippen molar-refractivity contribution in [1.29, 1.82) is 0 Å². The summed E-state index contributed by atoms with van der Waals surface area (Å²) in [5, 5.41) is 2.61. The van der Waals surface area contributed by atoms with Crippen LogP contribution in [0.5, 0.6) is 11.5 Å². The summed E-state index contributed by atoms with van der Waals surface area (Å²) in [5.74, 6) is -0.208. The average Bonchev–Trinajstić information content (AvgIpc) is 2.85. The van der Waals surface area contributed by atoms with Gasteiger partial charge in [-0.2, -0.15) is 0 Å². The van der Waals surface area contributed by atoms with Gasteiger partial charge in [-0.25, -0.2) is 14.8 Å². The van der Waals surface area contributed by atoms with E-state index in [4.69, 9.17) is 19.9 Å². The van der Waals surface area contributed by atoms with Crippen LogP contribution < -0.4 is 20.5 Å². The van der Waals surface area contributed by atoms with Crippen LogP contribution in [0.15, 0.2) is 30.6 Å². The number of ether oxygens (including phenoxy) is 3. The van der Waals surface area contributed by atoms with E-state index in [-0.39, 0.29) is 11.5 Å². The molecule has 3 rings (SSSR count). The molecule has 2 aromatic rings. The molecule has 130 valence electrons. The quantitative estimate of drug-likeness (QED) is 0.787. The molecule has 0 radical (unpaired) electrons. The molecule has 2 heterocycles. The Hall–Kier alpha value is -3.36. The number of amides is 1. The Morgan fingerprint density at radius 2 is 1.92 bits per heavy atom. The predicted molar refractivity (Wildman–Crippen MR) is 87.4 cm³/mol. The molecule has 25 heavy (non-hydrogen) atoms. The zero-order valence-electron chi connectivity index (χ0n) is 13.2. The van der Waals surface area contributed by atoms with Crippen molar-refractivity contribution in [1.82, 2.24) is 9.97 Å². The van der Waals surface area contributed by atoms with Gasteiger partial charge in [-0.15, -0.1) is 0 Å². The molecule has 1 amide bonds. The molecule has 0 fully saturated rings. The third-order valence-electron chi connectivity index (χ3n) is 3.29. The number of hydrogen-bond donors (Lipinski definition) is 2. The molecule has 1 aromatic heterocycles. The number of anilines is 2. The van der Waals surface area contributed by atoms with Crippen LogP contribution in [0.2, 0.25) is 0 Å². The van der Waals surface area contributed by atoms with E-state index in [0.29, 0.717) is 30.4 Å². The van der Waals surface area contributed by atoms with Crippen molar-refractivity contribution in [3.63, 3.8) is 0 Å². The highest BCUT2D eigenvalue weighted by molar-refractivity contribution is 5.96. The van der Waals surface area contributed by atoms with E-state index in [1.165, 1.54) is 12.4 Å². The summed E-state index contributed by atoms with van der Waals surface area (Å²) < 4.78 is 16.0. The Bertz CT molecular complexity index is 796. The second-order valence-electron chi connectivity index (χ2n) is 5.13. The molecular weight excluding hydrogens is 328 g/mol. The van der Waals surface area contributed by atoms with Crippen LogP contribution >= 0.6 is 0 Å². The number of benzene rings is 1. The Balaban J connectivity index is 1.57. The first kappa shape index (κ1) is 16.5. The molecule has 9 nitrogen and oxygen atoms in total. The van der Waals surface area contributed by atoms with Gasteiger partial charge in [-0.3, -0.25) is 4.79 Å². The number of fused-ring (bicyclic) bond motifs is 1. The standard InChI is InChI=1S/C16H16N4O5/c17-15-14(18-4-5-19-15)16(22)25-9-13(21)20-10-2-3-11-12(8-10)24-7-1-6-23-11/h2-5,8H,1,6-7,9H2,(H2,17,19)(H,20,21). The molecule has 9 heteroatoms. The van der Waals surface area contributed by atoms with Crippen LogP contribution in [0.25, 0.3) is 0 Å². The van der Waals surface area contributed by atoms with Gasteiger partial charge >= 0.3 is 5.97 Å². The molecular formula is C16H16N4O5. The smallest absolute Gasteiger partial charge is 0.361 e. The lowest BCUT2D eigenvalue weighted by atomic mass is 10.2. The maximum atomic E-state index is 11.9. The van der Waals surface area contributed by atoms with E-state index in [1.54, 1.807) is 18.2 Å². The van der Waals surface area contributed by atoms with Gasteiger partial charge in [0, 0.05) is 30.6 Å². The second kappa shape index (κ2) is 7.47. The van der Waals surface area contributed by atoms with E-state index in [1.807, 2.05) is 0 Å². The fourth-order valence-electron chi connectivity index (χ4n) is 2.14. The van der Waals surface area contributed by atoms with E-state index in [9.17, 15) is 9.59 Å². The number of nitrogens with two attached hydrogens (primary N) is 1. The van der Waals surface area contributed by atoms with Crippen molar-refractivity contribution in [2.75, 3.05) is 30.9 Å². The fourth-order valence-corrected chi connectivity index (χ4v) is 2.14. The maximum absolute atomic E-state index is 11.9. The van der Waals surface area contributed by atoms with Gasteiger partial charge in [0.2, 0.25) is 0 Å². The SMILES string of the molecule is Nc1nccnc1C(=O)OCC(=O)Nc1ccc2c(c1)OCCCO2. The van der Waals surface area contributed by atoms with E-state index < -0.39 is 18.5 Å². The molecule has 0 saturated heterocycles. The predicted octanol–water partition coefficient (Wildman–Crippen LogP) is 1.02. The maximum Gasteiger partial charge on any atom is 0.361 e. The van der Waals surface area contributed by atoms with Gasteiger partial charge < -0.3 is 25.3 Å². The first-order valence-corrected chi connectivity index (χ1v) is 7.56. The number of nitrogens with one attached hydrogen (secondary N) is 1. The topological polar surface area (TPSA) is 126 Å². The van der Waals surface area contributed by atoms with Crippen LogP contribution in [0, 0.1) is 0 Å². The summed E-state index contributed by atoms with van der Waals surface area (Å²) in [4.78, 5) is 31.3. The lowest BCUT2D eigenvalue weighted by Gasteiger charge is -2.10. The summed E-state index contributed by atoms with van der Waals surface area (Å²) in [7, 11) is 0. The summed E-state index contributed by atoms with van der Waals surface area (Å²) >= 11 is 0. The van der Waals surface area contributed by atoms with Crippen LogP contribution in [0.3, 0.4) is 0 Å². The average molecular weight is 344 g/mol. The van der Waals surface area contributed by atoms with Crippen molar-refractivity contribution in [3.05, 3.63) is 36.3 Å². The lowest BCUT2D eigenvalue weighted by Crippen LogP contribution is -2.22. The third kappa shape index (κ3) is 4.14. The van der Waals surface area contributed by atoms with Gasteiger partial charge in [0.15, 0.2) is 29.6 Å². The van der Waals surface area contributed by atoms with Crippen LogP contribution in [0.4, 0.5) is 11.5 Å². The zero-order chi connectivity index (χ0) is 17.6. The lowest BCUT2D eigenvalue weighted by molar-refractivity contribution is -0.119. The Labute approximate surface area is 143 Å². The molecule has 0 aliphatic carbocycles. The monoisotopic (exact) mass is 344 g/mol. The molecule has 1 aliphatic heterocycles.